The van der Waals surface area contributed by atoms with Crippen molar-refractivity contribution < 1.29 is 114 Å². The fourth-order valence-electron chi connectivity index (χ4n) is 7.64. The van der Waals surface area contributed by atoms with Gasteiger partial charge < -0.3 is 119 Å². The van der Waals surface area contributed by atoms with Gasteiger partial charge in [0.1, 0.15) is 97.7 Å². The zero-order valence-corrected chi connectivity index (χ0v) is 32.7. The Balaban J connectivity index is 1.41. The Morgan fingerprint density at radius 2 is 1.00 bits per heavy atom. The van der Waals surface area contributed by atoms with Gasteiger partial charge in [-0.3, -0.25) is 0 Å². The fraction of sp³-hybridized carbons (Fsp3) is 1.00. The molecule has 0 aliphatic carbocycles. The summed E-state index contributed by atoms with van der Waals surface area (Å²) < 4.78 is 58.3. The van der Waals surface area contributed by atoms with E-state index >= 15 is 0 Å². The molecule has 5 aliphatic heterocycles. The standard InChI is InChI=1S/C35H63NO23/c1-12-19(41)14(40)8-18(51-12)56-30-27(49)34(59-31-24(46)21(43)15(9-37)54-35(31)50-7-5-3-4-6-36)55-17(11-39)28(30)57-33-26(48)29(22(44)16(10-38)53-33)58-32-25(47)23(45)20(42)13(2)52-32/h12-35,37-49H,3-11,36H2,1-2H3/t12?,13?,14-,15?,16?,17?,18+,19+,20+,21-,22-,23?,24?,25+,26+,27?,28-,29?,30-,31+,32+,33+,34-,35+/m1/s1. The lowest BCUT2D eigenvalue weighted by Gasteiger charge is -2.50. The molecule has 5 rings (SSSR count). The van der Waals surface area contributed by atoms with Crippen molar-refractivity contribution in [2.45, 2.75) is 187 Å². The van der Waals surface area contributed by atoms with Crippen LogP contribution in [-0.4, -0.2) is 247 Å². The first-order valence-corrected chi connectivity index (χ1v) is 19.9. The smallest absolute Gasteiger partial charge is 0.187 e. The molecule has 24 nitrogen and oxygen atoms in total. The van der Waals surface area contributed by atoms with E-state index in [1.165, 1.54) is 13.8 Å². The monoisotopic (exact) mass is 865 g/mol. The van der Waals surface area contributed by atoms with Gasteiger partial charge in [-0.15, -0.1) is 0 Å². The summed E-state index contributed by atoms with van der Waals surface area (Å²) in [5, 5.41) is 139. The van der Waals surface area contributed by atoms with Crippen LogP contribution in [0.25, 0.3) is 0 Å². The summed E-state index contributed by atoms with van der Waals surface area (Å²) in [6.07, 6.45) is -36.9. The molecule has 24 atom stereocenters. The van der Waals surface area contributed by atoms with E-state index in [9.17, 15) is 66.4 Å². The number of hydrogen-bond donors (Lipinski definition) is 14. The average molecular weight is 866 g/mol. The Labute approximate surface area is 339 Å². The highest BCUT2D eigenvalue weighted by Gasteiger charge is 2.56. The van der Waals surface area contributed by atoms with Crippen molar-refractivity contribution >= 4 is 0 Å². The van der Waals surface area contributed by atoms with Gasteiger partial charge in [-0.2, -0.15) is 0 Å². The molecule has 5 fully saturated rings. The molecule has 9 unspecified atom stereocenters. The minimum absolute atomic E-state index is 0.0806. The quantitative estimate of drug-likeness (QED) is 0.0604. The van der Waals surface area contributed by atoms with E-state index in [2.05, 4.69) is 0 Å². The molecule has 0 aromatic carbocycles. The van der Waals surface area contributed by atoms with Crippen molar-refractivity contribution in [3.63, 3.8) is 0 Å². The van der Waals surface area contributed by atoms with Gasteiger partial charge in [0, 0.05) is 13.0 Å². The van der Waals surface area contributed by atoms with Gasteiger partial charge >= 0.3 is 0 Å². The summed E-state index contributed by atoms with van der Waals surface area (Å²) in [6.45, 7) is 0.876. The van der Waals surface area contributed by atoms with Gasteiger partial charge in [0.2, 0.25) is 0 Å². The van der Waals surface area contributed by atoms with E-state index in [1.54, 1.807) is 0 Å². The van der Waals surface area contributed by atoms with Crippen LogP contribution < -0.4 is 5.73 Å². The van der Waals surface area contributed by atoms with Gasteiger partial charge in [0.25, 0.3) is 0 Å². The van der Waals surface area contributed by atoms with E-state index in [-0.39, 0.29) is 13.0 Å². The topological polar surface area (TPSA) is 381 Å². The highest BCUT2D eigenvalue weighted by molar-refractivity contribution is 4.98. The molecule has 0 amide bonds. The number of hydrogen-bond acceptors (Lipinski definition) is 24. The zero-order chi connectivity index (χ0) is 43.3. The number of aliphatic hydroxyl groups is 13. The number of rotatable bonds is 17. The van der Waals surface area contributed by atoms with Crippen LogP contribution in [0.2, 0.25) is 0 Å². The Morgan fingerprint density at radius 3 is 1.63 bits per heavy atom. The molecular formula is C35H63NO23. The van der Waals surface area contributed by atoms with Crippen LogP contribution in [-0.2, 0) is 47.4 Å². The maximum atomic E-state index is 11.9. The SMILES string of the molecule is CC1O[C@@H](OC2[C@H](O)C(CO)O[C@@H](O[C@@H]3C(CO)O[C@H](O[C@H]4C(O)[C@H](O)C(CO)O[C@@H]4OCCCCCN)C(O)[C@H]3O[C@H]3C[C@@H](O)[C@@H](O)C(C)O3)[C@H]2O)[C@@H](O)C(O)[C@H]1O. The van der Waals surface area contributed by atoms with E-state index < -0.39 is 167 Å². The highest BCUT2D eigenvalue weighted by Crippen LogP contribution is 2.37. The van der Waals surface area contributed by atoms with Crippen LogP contribution in [0.4, 0.5) is 0 Å². The maximum Gasteiger partial charge on any atom is 0.187 e. The Morgan fingerprint density at radius 1 is 0.458 bits per heavy atom. The normalized spacial score (nSPS) is 49.8. The van der Waals surface area contributed by atoms with Crippen LogP contribution in [0.1, 0.15) is 39.5 Å². The Kier molecular flexibility index (Phi) is 18.4. The molecule has 59 heavy (non-hydrogen) atoms. The average Bonchev–Trinajstić information content (AvgIpc) is 3.21. The third kappa shape index (κ3) is 11.2. The van der Waals surface area contributed by atoms with Gasteiger partial charge in [-0.25, -0.2) is 0 Å². The predicted molar refractivity (Wildman–Crippen MR) is 189 cm³/mol. The fourth-order valence-corrected chi connectivity index (χ4v) is 7.64. The minimum atomic E-state index is -2.00. The molecule has 346 valence electrons. The van der Waals surface area contributed by atoms with Crippen LogP contribution >= 0.6 is 0 Å². The second-order valence-corrected chi connectivity index (χ2v) is 15.5. The summed E-state index contributed by atoms with van der Waals surface area (Å²) in [5.74, 6) is 0. The number of nitrogens with two attached hydrogens (primary N) is 1. The van der Waals surface area contributed by atoms with Crippen molar-refractivity contribution in [3.8, 4) is 0 Å². The van der Waals surface area contributed by atoms with Gasteiger partial charge in [-0.1, -0.05) is 0 Å². The van der Waals surface area contributed by atoms with Crippen molar-refractivity contribution in [2.75, 3.05) is 33.0 Å². The number of aliphatic hydroxyl groups excluding tert-OH is 13. The second kappa shape index (κ2) is 22.1. The van der Waals surface area contributed by atoms with Crippen LogP contribution in [0.3, 0.4) is 0 Å². The van der Waals surface area contributed by atoms with Crippen molar-refractivity contribution in [1.82, 2.24) is 0 Å². The van der Waals surface area contributed by atoms with E-state index in [0.29, 0.717) is 25.8 Å². The molecule has 0 spiro atoms. The molecule has 15 N–H and O–H groups in total. The zero-order valence-electron chi connectivity index (χ0n) is 32.7. The van der Waals surface area contributed by atoms with Crippen LogP contribution in [0.15, 0.2) is 0 Å². The Bertz CT molecular complexity index is 1240. The molecule has 0 saturated carbocycles. The molecular weight excluding hydrogens is 802 g/mol. The lowest BCUT2D eigenvalue weighted by Crippen LogP contribution is -2.68. The molecule has 5 aliphatic rings. The van der Waals surface area contributed by atoms with Gasteiger partial charge in [0.05, 0.1) is 38.1 Å². The Hall–Kier alpha value is -0.960. The van der Waals surface area contributed by atoms with Crippen molar-refractivity contribution in [3.05, 3.63) is 0 Å². The van der Waals surface area contributed by atoms with Crippen molar-refractivity contribution in [1.29, 1.82) is 0 Å². The van der Waals surface area contributed by atoms with E-state index in [4.69, 9.17) is 53.1 Å². The summed E-state index contributed by atoms with van der Waals surface area (Å²) in [7, 11) is 0. The van der Waals surface area contributed by atoms with Gasteiger partial charge in [-0.05, 0) is 39.7 Å². The minimum Gasteiger partial charge on any atom is -0.394 e. The molecule has 5 saturated heterocycles. The first kappa shape index (κ1) is 49.1. The summed E-state index contributed by atoms with van der Waals surface area (Å²) >= 11 is 0. The number of unbranched alkanes of at least 4 members (excludes halogenated alkanes) is 2. The summed E-state index contributed by atoms with van der Waals surface area (Å²) in [4.78, 5) is 0. The third-order valence-corrected chi connectivity index (χ3v) is 11.2. The van der Waals surface area contributed by atoms with E-state index in [1.807, 2.05) is 0 Å². The largest absolute Gasteiger partial charge is 0.394 e. The molecule has 0 aromatic rings. The first-order chi connectivity index (χ1) is 28.1. The van der Waals surface area contributed by atoms with Crippen LogP contribution in [0.5, 0.6) is 0 Å². The van der Waals surface area contributed by atoms with Crippen LogP contribution in [0, 0.1) is 0 Å². The second-order valence-electron chi connectivity index (χ2n) is 15.5. The van der Waals surface area contributed by atoms with Crippen molar-refractivity contribution in [2.24, 2.45) is 5.73 Å². The van der Waals surface area contributed by atoms with Gasteiger partial charge in [0.15, 0.2) is 31.5 Å². The lowest BCUT2D eigenvalue weighted by atomic mass is 9.95. The number of ether oxygens (including phenoxy) is 10. The predicted octanol–water partition coefficient (Wildman–Crippen LogP) is -7.69. The third-order valence-electron chi connectivity index (χ3n) is 11.2. The summed E-state index contributed by atoms with van der Waals surface area (Å²) in [5.41, 5.74) is 5.57. The highest BCUT2D eigenvalue weighted by atomic mass is 16.8. The summed E-state index contributed by atoms with van der Waals surface area (Å²) in [6, 6.07) is 0. The first-order valence-electron chi connectivity index (χ1n) is 19.9. The molecule has 0 radical (unpaired) electrons. The molecule has 0 bridgehead atoms. The maximum absolute atomic E-state index is 11.9. The lowest BCUT2D eigenvalue weighted by molar-refractivity contribution is -0.402. The molecule has 0 aromatic heterocycles. The molecule has 5 heterocycles. The van der Waals surface area contributed by atoms with E-state index in [0.717, 1.165) is 0 Å². The molecule has 24 heteroatoms.